The number of fused-ring (bicyclic) bond motifs is 1. The number of nitrogens with zero attached hydrogens (tertiary/aromatic N) is 4. The van der Waals surface area contributed by atoms with Crippen molar-refractivity contribution in [2.45, 2.75) is 0 Å². The first-order valence-electron chi connectivity index (χ1n) is 11.1. The molecule has 0 saturated heterocycles. The van der Waals surface area contributed by atoms with E-state index in [9.17, 15) is 14.9 Å². The van der Waals surface area contributed by atoms with Crippen LogP contribution in [0, 0.1) is 11.3 Å². The van der Waals surface area contributed by atoms with E-state index >= 15 is 0 Å². The lowest BCUT2D eigenvalue weighted by molar-refractivity contribution is -0.119. The number of hydrogen-bond donors (Lipinski definition) is 1. The summed E-state index contributed by atoms with van der Waals surface area (Å²) in [6.45, 7) is -0.541. The number of carbonyl (C=O) groups is 2. The van der Waals surface area contributed by atoms with Gasteiger partial charge in [-0.2, -0.15) is 10.4 Å². The van der Waals surface area contributed by atoms with Gasteiger partial charge in [-0.15, -0.1) is 0 Å². The van der Waals surface area contributed by atoms with Crippen molar-refractivity contribution in [2.24, 2.45) is 0 Å². The number of rotatable bonds is 6. The van der Waals surface area contributed by atoms with Crippen molar-refractivity contribution < 1.29 is 14.3 Å². The molecule has 5 rings (SSSR count). The van der Waals surface area contributed by atoms with Gasteiger partial charge in [-0.05, 0) is 24.3 Å². The zero-order valence-electron chi connectivity index (χ0n) is 19.0. The molecule has 0 aliphatic heterocycles. The molecule has 1 amide bonds. The minimum absolute atomic E-state index is 0.186. The van der Waals surface area contributed by atoms with Crippen molar-refractivity contribution >= 4 is 28.6 Å². The number of hydrogen-bond acceptors (Lipinski definition) is 6. The van der Waals surface area contributed by atoms with E-state index in [4.69, 9.17) is 4.74 Å². The van der Waals surface area contributed by atoms with Crippen molar-refractivity contribution in [3.63, 3.8) is 0 Å². The summed E-state index contributed by atoms with van der Waals surface area (Å²) < 4.78 is 6.81. The van der Waals surface area contributed by atoms with Crippen molar-refractivity contribution in [2.75, 3.05) is 11.9 Å². The van der Waals surface area contributed by atoms with E-state index in [1.807, 2.05) is 72.8 Å². The third-order valence-corrected chi connectivity index (χ3v) is 5.49. The molecule has 2 heterocycles. The van der Waals surface area contributed by atoms with E-state index in [1.165, 1.54) is 10.9 Å². The number of anilines is 1. The molecule has 0 aliphatic carbocycles. The summed E-state index contributed by atoms with van der Waals surface area (Å²) in [5.41, 5.74) is 3.28. The molecular formula is C28H19N5O3. The Morgan fingerprint density at radius 1 is 0.944 bits per heavy atom. The lowest BCUT2D eigenvalue weighted by atomic mass is 10.0. The zero-order chi connectivity index (χ0) is 24.9. The van der Waals surface area contributed by atoms with Crippen molar-refractivity contribution in [1.29, 1.82) is 5.26 Å². The highest BCUT2D eigenvalue weighted by molar-refractivity contribution is 6.05. The second-order valence-electron chi connectivity index (χ2n) is 7.83. The number of carbonyl (C=O) groups excluding carboxylic acids is 2. The van der Waals surface area contributed by atoms with Gasteiger partial charge in [0.1, 0.15) is 11.6 Å². The number of ether oxygens (including phenoxy) is 1. The number of aromatic nitrogens is 3. The number of pyridine rings is 1. The van der Waals surface area contributed by atoms with Crippen LogP contribution in [0.4, 0.5) is 5.82 Å². The molecule has 8 nitrogen and oxygen atoms in total. The number of para-hydroxylation sites is 2. The van der Waals surface area contributed by atoms with E-state index in [2.05, 4.69) is 15.4 Å². The molecule has 1 N–H and O–H groups in total. The average molecular weight is 473 g/mol. The lowest BCUT2D eigenvalue weighted by Crippen LogP contribution is -2.23. The minimum atomic E-state index is -0.655. The molecule has 0 spiro atoms. The average Bonchev–Trinajstić information content (AvgIpc) is 3.34. The van der Waals surface area contributed by atoms with Crippen LogP contribution in [0.1, 0.15) is 15.9 Å². The van der Waals surface area contributed by atoms with E-state index in [-0.39, 0.29) is 11.4 Å². The number of nitriles is 1. The van der Waals surface area contributed by atoms with Gasteiger partial charge in [0.05, 0.1) is 28.7 Å². The Labute approximate surface area is 206 Å². The highest BCUT2D eigenvalue weighted by Gasteiger charge is 2.19. The molecule has 0 unspecified atom stereocenters. The maximum atomic E-state index is 13.1. The monoisotopic (exact) mass is 473 g/mol. The van der Waals surface area contributed by atoms with E-state index in [0.29, 0.717) is 27.8 Å². The summed E-state index contributed by atoms with van der Waals surface area (Å²) in [5, 5.41) is 16.9. The minimum Gasteiger partial charge on any atom is -0.452 e. The third-order valence-electron chi connectivity index (χ3n) is 5.49. The molecule has 2 aromatic heterocycles. The fraction of sp³-hybridized carbons (Fsp3) is 0.0357. The number of nitrogens with one attached hydrogen (secondary N) is 1. The summed E-state index contributed by atoms with van der Waals surface area (Å²) in [5.74, 6) is -1.05. The molecular weight excluding hydrogens is 454 g/mol. The van der Waals surface area contributed by atoms with Gasteiger partial charge in [0.2, 0.25) is 0 Å². The van der Waals surface area contributed by atoms with Crippen LogP contribution in [0.5, 0.6) is 0 Å². The second kappa shape index (κ2) is 9.91. The Morgan fingerprint density at radius 3 is 2.39 bits per heavy atom. The SMILES string of the molecule is N#Cc1cnn(-c2ccccc2)c1NC(=O)COC(=O)c1cc(-c2ccccc2)nc2ccccc12. The summed E-state index contributed by atoms with van der Waals surface area (Å²) in [6.07, 6.45) is 1.36. The molecule has 36 heavy (non-hydrogen) atoms. The Kier molecular flexibility index (Phi) is 6.19. The van der Waals surface area contributed by atoms with Crippen LogP contribution in [0.2, 0.25) is 0 Å². The third kappa shape index (κ3) is 4.54. The lowest BCUT2D eigenvalue weighted by Gasteiger charge is -2.11. The topological polar surface area (TPSA) is 110 Å². The van der Waals surface area contributed by atoms with E-state index in [1.54, 1.807) is 24.3 Å². The van der Waals surface area contributed by atoms with Gasteiger partial charge in [0, 0.05) is 10.9 Å². The smallest absolute Gasteiger partial charge is 0.339 e. The van der Waals surface area contributed by atoms with Gasteiger partial charge in [0.15, 0.2) is 12.4 Å². The fourth-order valence-corrected chi connectivity index (χ4v) is 3.79. The first kappa shape index (κ1) is 22.5. The van der Waals surface area contributed by atoms with Crippen LogP contribution in [0.15, 0.2) is 97.2 Å². The molecule has 0 radical (unpaired) electrons. The Morgan fingerprint density at radius 2 is 1.64 bits per heavy atom. The van der Waals surface area contributed by atoms with Crippen molar-refractivity contribution in [1.82, 2.24) is 14.8 Å². The summed E-state index contributed by atoms with van der Waals surface area (Å²) in [7, 11) is 0. The fourth-order valence-electron chi connectivity index (χ4n) is 3.79. The predicted octanol–water partition coefficient (Wildman–Crippen LogP) is 4.75. The van der Waals surface area contributed by atoms with Gasteiger partial charge < -0.3 is 10.1 Å². The molecule has 3 aromatic carbocycles. The molecule has 174 valence electrons. The van der Waals surface area contributed by atoms with Gasteiger partial charge in [-0.3, -0.25) is 4.79 Å². The van der Waals surface area contributed by atoms with Crippen molar-refractivity contribution in [3.05, 3.63) is 108 Å². The molecule has 5 aromatic rings. The van der Waals surface area contributed by atoms with E-state index in [0.717, 1.165) is 5.56 Å². The number of benzene rings is 3. The summed E-state index contributed by atoms with van der Waals surface area (Å²) in [4.78, 5) is 30.4. The Bertz CT molecular complexity index is 1610. The van der Waals surface area contributed by atoms with Crippen LogP contribution in [-0.4, -0.2) is 33.2 Å². The molecule has 0 aliphatic rings. The molecule has 0 atom stereocenters. The molecule has 8 heteroatoms. The first-order chi connectivity index (χ1) is 17.6. The number of esters is 1. The quantitative estimate of drug-likeness (QED) is 0.356. The van der Waals surface area contributed by atoms with Gasteiger partial charge in [-0.1, -0.05) is 66.7 Å². The van der Waals surface area contributed by atoms with Crippen LogP contribution in [0.3, 0.4) is 0 Å². The van der Waals surface area contributed by atoms with Crippen LogP contribution in [0.25, 0.3) is 27.8 Å². The maximum Gasteiger partial charge on any atom is 0.339 e. The summed E-state index contributed by atoms with van der Waals surface area (Å²) >= 11 is 0. The van der Waals surface area contributed by atoms with E-state index < -0.39 is 18.5 Å². The largest absolute Gasteiger partial charge is 0.452 e. The highest BCUT2D eigenvalue weighted by Crippen LogP contribution is 2.25. The normalized spacial score (nSPS) is 10.5. The Balaban J connectivity index is 1.37. The molecule has 0 fully saturated rings. The van der Waals surface area contributed by atoms with Gasteiger partial charge in [0.25, 0.3) is 5.91 Å². The van der Waals surface area contributed by atoms with Crippen LogP contribution >= 0.6 is 0 Å². The summed E-state index contributed by atoms with van der Waals surface area (Å²) in [6, 6.07) is 29.5. The highest BCUT2D eigenvalue weighted by atomic mass is 16.5. The standard InChI is InChI=1S/C28H19N5O3/c29-16-20-17-30-33(21-11-5-2-6-12-21)27(20)32-26(34)18-36-28(35)23-15-25(19-9-3-1-4-10-19)31-24-14-8-7-13-22(23)24/h1-15,17H,18H2,(H,32,34). The predicted molar refractivity (Wildman–Crippen MR) is 134 cm³/mol. The van der Waals surface area contributed by atoms with Crippen LogP contribution in [-0.2, 0) is 9.53 Å². The van der Waals surface area contributed by atoms with Gasteiger partial charge in [-0.25, -0.2) is 14.5 Å². The first-order valence-corrected chi connectivity index (χ1v) is 11.1. The number of amides is 1. The second-order valence-corrected chi connectivity index (χ2v) is 7.83. The molecule has 0 saturated carbocycles. The van der Waals surface area contributed by atoms with Crippen LogP contribution < -0.4 is 5.32 Å². The molecule has 0 bridgehead atoms. The van der Waals surface area contributed by atoms with Crippen molar-refractivity contribution in [3.8, 4) is 23.0 Å². The zero-order valence-corrected chi connectivity index (χ0v) is 19.0. The Hall–Kier alpha value is -5.29. The maximum absolute atomic E-state index is 13.1. The van der Waals surface area contributed by atoms with Gasteiger partial charge >= 0.3 is 5.97 Å².